The Labute approximate surface area is 129 Å². The normalized spacial score (nSPS) is 15.1. The largest absolute Gasteiger partial charge is 0.327 e. The van der Waals surface area contributed by atoms with Gasteiger partial charge in [-0.1, -0.05) is 31.0 Å². The minimum Gasteiger partial charge on any atom is -0.327 e. The number of imidazole rings is 1. The first-order valence-electron chi connectivity index (χ1n) is 7.65. The summed E-state index contributed by atoms with van der Waals surface area (Å²) < 4.78 is 2.38. The minimum absolute atomic E-state index is 0.609. The molecule has 1 aromatic carbocycles. The molecule has 0 atom stereocenters. The van der Waals surface area contributed by atoms with Gasteiger partial charge >= 0.3 is 0 Å². The Morgan fingerprint density at radius 2 is 2.05 bits per heavy atom. The summed E-state index contributed by atoms with van der Waals surface area (Å²) in [7, 11) is 0. The van der Waals surface area contributed by atoms with Gasteiger partial charge in [-0.3, -0.25) is 4.98 Å². The summed E-state index contributed by atoms with van der Waals surface area (Å²) in [5, 5.41) is 1.19. The van der Waals surface area contributed by atoms with E-state index in [0.717, 1.165) is 35.7 Å². The number of nitrogens with zero attached hydrogens (tertiary/aromatic N) is 3. The lowest BCUT2D eigenvalue weighted by atomic mass is 10.2. The number of aromatic nitrogens is 3. The van der Waals surface area contributed by atoms with Gasteiger partial charge in [0.25, 0.3) is 0 Å². The molecule has 21 heavy (non-hydrogen) atoms. The Morgan fingerprint density at radius 3 is 2.86 bits per heavy atom. The zero-order chi connectivity index (χ0) is 14.2. The van der Waals surface area contributed by atoms with E-state index >= 15 is 0 Å². The van der Waals surface area contributed by atoms with Crippen LogP contribution in [0.1, 0.15) is 25.1 Å². The van der Waals surface area contributed by atoms with Gasteiger partial charge in [0.05, 0.1) is 17.2 Å². The van der Waals surface area contributed by atoms with E-state index in [1.807, 2.05) is 12.3 Å². The zero-order valence-corrected chi connectivity index (χ0v) is 12.7. The molecule has 2 heterocycles. The number of fused-ring (bicyclic) bond motifs is 3. The van der Waals surface area contributed by atoms with Crippen molar-refractivity contribution in [3.8, 4) is 0 Å². The first kappa shape index (κ1) is 13.1. The third-order valence-electron chi connectivity index (χ3n) is 4.33. The van der Waals surface area contributed by atoms with Crippen LogP contribution in [0.25, 0.3) is 21.9 Å². The molecular formula is C17H18ClN3. The SMILES string of the molecule is ClCCc1nc2cnc3ccccc3c2n1CCC1CC1. The summed E-state index contributed by atoms with van der Waals surface area (Å²) in [6, 6.07) is 8.31. The highest BCUT2D eigenvalue weighted by Gasteiger charge is 2.22. The van der Waals surface area contributed by atoms with Crippen LogP contribution in [0.3, 0.4) is 0 Å². The fourth-order valence-corrected chi connectivity index (χ4v) is 3.21. The van der Waals surface area contributed by atoms with E-state index < -0.39 is 0 Å². The van der Waals surface area contributed by atoms with Gasteiger partial charge in [0.2, 0.25) is 0 Å². The van der Waals surface area contributed by atoms with Crippen molar-refractivity contribution < 1.29 is 0 Å². The molecule has 108 valence electrons. The smallest absolute Gasteiger partial charge is 0.111 e. The lowest BCUT2D eigenvalue weighted by Gasteiger charge is -2.09. The van der Waals surface area contributed by atoms with Crippen molar-refractivity contribution in [2.75, 3.05) is 5.88 Å². The van der Waals surface area contributed by atoms with Gasteiger partial charge in [0, 0.05) is 24.2 Å². The molecule has 1 aliphatic carbocycles. The Hall–Kier alpha value is -1.61. The molecule has 3 nitrogen and oxygen atoms in total. The number of alkyl halides is 1. The second-order valence-electron chi connectivity index (χ2n) is 5.86. The predicted octanol–water partition coefficient (Wildman–Crippen LogP) is 4.17. The lowest BCUT2D eigenvalue weighted by molar-refractivity contribution is 0.589. The number of para-hydroxylation sites is 1. The third-order valence-corrected chi connectivity index (χ3v) is 4.52. The van der Waals surface area contributed by atoms with Crippen molar-refractivity contribution in [2.24, 2.45) is 5.92 Å². The Bertz CT molecular complexity index is 789. The second kappa shape index (κ2) is 5.30. The number of aryl methyl sites for hydroxylation is 2. The van der Waals surface area contributed by atoms with Crippen molar-refractivity contribution in [3.05, 3.63) is 36.3 Å². The van der Waals surface area contributed by atoms with E-state index in [9.17, 15) is 0 Å². The van der Waals surface area contributed by atoms with E-state index in [1.165, 1.54) is 30.2 Å². The number of hydrogen-bond acceptors (Lipinski definition) is 2. The molecule has 0 aliphatic heterocycles. The van der Waals surface area contributed by atoms with Gasteiger partial charge in [0.1, 0.15) is 11.3 Å². The molecule has 0 amide bonds. The molecule has 0 radical (unpaired) electrons. The summed E-state index contributed by atoms with van der Waals surface area (Å²) in [6.07, 6.45) is 6.73. The van der Waals surface area contributed by atoms with Gasteiger partial charge in [-0.2, -0.15) is 0 Å². The molecule has 4 heteroatoms. The van der Waals surface area contributed by atoms with E-state index in [-0.39, 0.29) is 0 Å². The van der Waals surface area contributed by atoms with Gasteiger partial charge in [0.15, 0.2) is 0 Å². The average Bonchev–Trinajstić information content (AvgIpc) is 3.27. The molecule has 0 N–H and O–H groups in total. The van der Waals surface area contributed by atoms with Crippen molar-refractivity contribution in [1.82, 2.24) is 14.5 Å². The number of pyridine rings is 1. The average molecular weight is 300 g/mol. The van der Waals surface area contributed by atoms with Crippen molar-refractivity contribution in [1.29, 1.82) is 0 Å². The minimum atomic E-state index is 0.609. The molecule has 0 spiro atoms. The van der Waals surface area contributed by atoms with Crippen molar-refractivity contribution >= 4 is 33.5 Å². The lowest BCUT2D eigenvalue weighted by Crippen LogP contribution is -2.05. The molecule has 0 bridgehead atoms. The molecule has 0 saturated heterocycles. The zero-order valence-electron chi connectivity index (χ0n) is 11.9. The second-order valence-corrected chi connectivity index (χ2v) is 6.24. The van der Waals surface area contributed by atoms with E-state index in [1.54, 1.807) is 0 Å². The highest BCUT2D eigenvalue weighted by molar-refractivity contribution is 6.18. The standard InChI is InChI=1S/C17H18ClN3/c18-9-7-16-20-15-11-19-14-4-2-1-3-13(14)17(15)21(16)10-8-12-5-6-12/h1-4,11-12H,5-10H2. The van der Waals surface area contributed by atoms with Crippen LogP contribution in [0.5, 0.6) is 0 Å². The fourth-order valence-electron chi connectivity index (χ4n) is 3.04. The van der Waals surface area contributed by atoms with E-state index in [0.29, 0.717) is 5.88 Å². The first-order valence-corrected chi connectivity index (χ1v) is 8.19. The van der Waals surface area contributed by atoms with Crippen LogP contribution in [0.2, 0.25) is 0 Å². The summed E-state index contributed by atoms with van der Waals surface area (Å²) in [6.45, 7) is 1.04. The molecular weight excluding hydrogens is 282 g/mol. The van der Waals surface area contributed by atoms with Gasteiger partial charge in [-0.15, -0.1) is 11.6 Å². The molecule has 4 rings (SSSR count). The Kier molecular flexibility index (Phi) is 3.30. The Morgan fingerprint density at radius 1 is 1.19 bits per heavy atom. The van der Waals surface area contributed by atoms with Gasteiger partial charge in [-0.25, -0.2) is 4.98 Å². The maximum absolute atomic E-state index is 5.96. The quantitative estimate of drug-likeness (QED) is 0.662. The Balaban J connectivity index is 1.90. The van der Waals surface area contributed by atoms with Crippen LogP contribution >= 0.6 is 11.6 Å². The molecule has 2 aromatic heterocycles. The van der Waals surface area contributed by atoms with Crippen molar-refractivity contribution in [3.63, 3.8) is 0 Å². The molecule has 1 aliphatic rings. The van der Waals surface area contributed by atoms with Crippen LogP contribution in [0.4, 0.5) is 0 Å². The third kappa shape index (κ3) is 2.40. The molecule has 0 unspecified atom stereocenters. The van der Waals surface area contributed by atoms with Gasteiger partial charge in [-0.05, 0) is 18.4 Å². The highest BCUT2D eigenvalue weighted by Crippen LogP contribution is 2.34. The summed E-state index contributed by atoms with van der Waals surface area (Å²) in [5.41, 5.74) is 3.25. The van der Waals surface area contributed by atoms with Crippen LogP contribution in [-0.2, 0) is 13.0 Å². The maximum Gasteiger partial charge on any atom is 0.111 e. The maximum atomic E-state index is 5.96. The predicted molar refractivity (Wildman–Crippen MR) is 86.8 cm³/mol. The van der Waals surface area contributed by atoms with Crippen molar-refractivity contribution in [2.45, 2.75) is 32.2 Å². The number of benzene rings is 1. The van der Waals surface area contributed by atoms with Crippen LogP contribution in [-0.4, -0.2) is 20.4 Å². The molecule has 3 aromatic rings. The fraction of sp³-hybridized carbons (Fsp3) is 0.412. The van der Waals surface area contributed by atoms with E-state index in [4.69, 9.17) is 16.6 Å². The summed E-state index contributed by atoms with van der Waals surface area (Å²) >= 11 is 5.96. The number of rotatable bonds is 5. The van der Waals surface area contributed by atoms with Crippen LogP contribution < -0.4 is 0 Å². The summed E-state index contributed by atoms with van der Waals surface area (Å²) in [5.74, 6) is 2.62. The monoisotopic (exact) mass is 299 g/mol. The topological polar surface area (TPSA) is 30.7 Å². The highest BCUT2D eigenvalue weighted by atomic mass is 35.5. The van der Waals surface area contributed by atoms with Gasteiger partial charge < -0.3 is 4.57 Å². The first-order chi connectivity index (χ1) is 10.4. The van der Waals surface area contributed by atoms with Crippen LogP contribution in [0, 0.1) is 5.92 Å². The molecule has 1 fully saturated rings. The number of hydrogen-bond donors (Lipinski definition) is 0. The van der Waals surface area contributed by atoms with E-state index in [2.05, 4.69) is 27.8 Å². The number of halogens is 1. The van der Waals surface area contributed by atoms with Crippen LogP contribution in [0.15, 0.2) is 30.5 Å². The summed E-state index contributed by atoms with van der Waals surface area (Å²) in [4.78, 5) is 9.29. The molecule has 1 saturated carbocycles.